The number of rotatable bonds is 4. The molecule has 2 N–H and O–H groups in total. The quantitative estimate of drug-likeness (QED) is 0.944. The molecule has 7 heteroatoms. The number of aryl methyl sites for hydroxylation is 1. The van der Waals surface area contributed by atoms with Crippen LogP contribution in [0.25, 0.3) is 11.0 Å². The molecule has 1 aromatic heterocycles. The lowest BCUT2D eigenvalue weighted by atomic mass is 10.3. The Morgan fingerprint density at radius 1 is 1.39 bits per heavy atom. The van der Waals surface area contributed by atoms with Gasteiger partial charge < -0.3 is 10.3 Å². The standard InChI is InChI=1S/C11H13Cl2N3OS/c1-18(17)4-2-3-16-10-6-8(13)7(12)5-9(10)15-11(16)14/h5-6H,2-4H2,1H3,(H2,14,15). The van der Waals surface area contributed by atoms with E-state index in [2.05, 4.69) is 4.98 Å². The highest BCUT2D eigenvalue weighted by atomic mass is 35.5. The Hall–Kier alpha value is -0.780. The minimum atomic E-state index is -0.797. The van der Waals surface area contributed by atoms with E-state index in [9.17, 15) is 4.21 Å². The summed E-state index contributed by atoms with van der Waals surface area (Å²) in [5.41, 5.74) is 7.43. The molecule has 4 nitrogen and oxygen atoms in total. The summed E-state index contributed by atoms with van der Waals surface area (Å²) in [5, 5.41) is 0.938. The van der Waals surface area contributed by atoms with Crippen molar-refractivity contribution in [2.24, 2.45) is 0 Å². The molecular formula is C11H13Cl2N3OS. The largest absolute Gasteiger partial charge is 0.369 e. The summed E-state index contributed by atoms with van der Waals surface area (Å²) in [6.07, 6.45) is 2.46. The van der Waals surface area contributed by atoms with Gasteiger partial charge in [-0.2, -0.15) is 0 Å². The molecule has 0 aliphatic heterocycles. The van der Waals surface area contributed by atoms with Crippen molar-refractivity contribution in [3.63, 3.8) is 0 Å². The summed E-state index contributed by atoms with van der Waals surface area (Å²) in [6, 6.07) is 3.45. The van der Waals surface area contributed by atoms with E-state index in [-0.39, 0.29) is 0 Å². The van der Waals surface area contributed by atoms with Crippen molar-refractivity contribution in [1.29, 1.82) is 0 Å². The van der Waals surface area contributed by atoms with Crippen LogP contribution in [0, 0.1) is 0 Å². The van der Waals surface area contributed by atoms with Gasteiger partial charge in [0.1, 0.15) is 0 Å². The van der Waals surface area contributed by atoms with Crippen LogP contribution in [0.1, 0.15) is 6.42 Å². The molecule has 0 saturated heterocycles. The highest BCUT2D eigenvalue weighted by molar-refractivity contribution is 7.84. The predicted molar refractivity (Wildman–Crippen MR) is 77.7 cm³/mol. The third-order valence-corrected chi connectivity index (χ3v) is 4.22. The number of hydrogen-bond donors (Lipinski definition) is 1. The van der Waals surface area contributed by atoms with Crippen molar-refractivity contribution in [3.05, 3.63) is 22.2 Å². The molecule has 1 aromatic carbocycles. The molecule has 0 aliphatic rings. The number of halogens is 2. The monoisotopic (exact) mass is 305 g/mol. The Morgan fingerprint density at radius 3 is 2.72 bits per heavy atom. The third-order valence-electron chi connectivity index (χ3n) is 2.63. The zero-order valence-electron chi connectivity index (χ0n) is 9.82. The number of anilines is 1. The number of fused-ring (bicyclic) bond motifs is 1. The number of aromatic nitrogens is 2. The van der Waals surface area contributed by atoms with Crippen molar-refractivity contribution in [3.8, 4) is 0 Å². The molecule has 18 heavy (non-hydrogen) atoms. The van der Waals surface area contributed by atoms with Crippen LogP contribution in [0.5, 0.6) is 0 Å². The lowest BCUT2D eigenvalue weighted by Crippen LogP contribution is -2.06. The number of imidazole rings is 1. The van der Waals surface area contributed by atoms with Crippen LogP contribution in [0.2, 0.25) is 10.0 Å². The van der Waals surface area contributed by atoms with E-state index >= 15 is 0 Å². The van der Waals surface area contributed by atoms with Gasteiger partial charge in [-0.15, -0.1) is 0 Å². The molecule has 2 aromatic rings. The summed E-state index contributed by atoms with van der Waals surface area (Å²) in [7, 11) is -0.797. The Bertz CT molecular complexity index is 612. The Labute approximate surface area is 118 Å². The second-order valence-corrected chi connectivity index (χ2v) is 6.38. The van der Waals surface area contributed by atoms with Gasteiger partial charge >= 0.3 is 0 Å². The van der Waals surface area contributed by atoms with E-state index in [1.54, 1.807) is 18.4 Å². The molecule has 1 unspecified atom stereocenters. The maximum atomic E-state index is 11.0. The second-order valence-electron chi connectivity index (χ2n) is 4.01. The summed E-state index contributed by atoms with van der Waals surface area (Å²) in [6.45, 7) is 0.667. The second kappa shape index (κ2) is 5.47. The van der Waals surface area contributed by atoms with E-state index in [1.807, 2.05) is 4.57 Å². The smallest absolute Gasteiger partial charge is 0.201 e. The van der Waals surface area contributed by atoms with Gasteiger partial charge in [-0.25, -0.2) is 4.98 Å². The average molecular weight is 306 g/mol. The summed E-state index contributed by atoms with van der Waals surface area (Å²) in [5.74, 6) is 1.06. The average Bonchev–Trinajstić information content (AvgIpc) is 2.56. The summed E-state index contributed by atoms with van der Waals surface area (Å²) >= 11 is 11.9. The minimum Gasteiger partial charge on any atom is -0.369 e. The van der Waals surface area contributed by atoms with Crippen molar-refractivity contribution in [1.82, 2.24) is 9.55 Å². The van der Waals surface area contributed by atoms with Crippen LogP contribution in [-0.4, -0.2) is 25.8 Å². The maximum absolute atomic E-state index is 11.0. The molecule has 0 spiro atoms. The van der Waals surface area contributed by atoms with Crippen molar-refractivity contribution < 1.29 is 4.21 Å². The van der Waals surface area contributed by atoms with Gasteiger partial charge in [-0.05, 0) is 18.6 Å². The van der Waals surface area contributed by atoms with Gasteiger partial charge in [-0.1, -0.05) is 23.2 Å². The third kappa shape index (κ3) is 2.79. The first kappa shape index (κ1) is 13.6. The number of hydrogen-bond acceptors (Lipinski definition) is 3. The van der Waals surface area contributed by atoms with Gasteiger partial charge in [0.25, 0.3) is 0 Å². The maximum Gasteiger partial charge on any atom is 0.201 e. The first-order valence-electron chi connectivity index (χ1n) is 5.40. The van der Waals surface area contributed by atoms with Crippen LogP contribution in [-0.2, 0) is 17.3 Å². The molecule has 2 rings (SSSR count). The first-order valence-corrected chi connectivity index (χ1v) is 7.88. The van der Waals surface area contributed by atoms with E-state index < -0.39 is 10.8 Å². The molecule has 0 amide bonds. The Balaban J connectivity index is 2.34. The zero-order chi connectivity index (χ0) is 13.3. The number of nitrogens with zero attached hydrogens (tertiary/aromatic N) is 2. The van der Waals surface area contributed by atoms with E-state index in [0.29, 0.717) is 28.3 Å². The topological polar surface area (TPSA) is 60.9 Å². The fourth-order valence-electron chi connectivity index (χ4n) is 1.80. The van der Waals surface area contributed by atoms with Gasteiger partial charge in [0, 0.05) is 29.4 Å². The molecule has 1 heterocycles. The van der Waals surface area contributed by atoms with Gasteiger partial charge in [0.15, 0.2) is 0 Å². The van der Waals surface area contributed by atoms with Crippen LogP contribution in [0.3, 0.4) is 0 Å². The summed E-state index contributed by atoms with van der Waals surface area (Å²) < 4.78 is 12.9. The molecule has 0 radical (unpaired) electrons. The van der Waals surface area contributed by atoms with E-state index in [4.69, 9.17) is 28.9 Å². The number of nitrogens with two attached hydrogens (primary N) is 1. The van der Waals surface area contributed by atoms with Crippen LogP contribution >= 0.6 is 23.2 Å². The summed E-state index contributed by atoms with van der Waals surface area (Å²) in [4.78, 5) is 4.23. The molecule has 0 bridgehead atoms. The molecule has 0 saturated carbocycles. The van der Waals surface area contributed by atoms with Crippen LogP contribution < -0.4 is 5.73 Å². The van der Waals surface area contributed by atoms with Crippen LogP contribution in [0.4, 0.5) is 5.95 Å². The molecule has 0 aliphatic carbocycles. The lowest BCUT2D eigenvalue weighted by Gasteiger charge is -2.06. The Morgan fingerprint density at radius 2 is 2.06 bits per heavy atom. The predicted octanol–water partition coefficient (Wildman–Crippen LogP) is 2.69. The molecular weight excluding hydrogens is 293 g/mol. The molecule has 0 fully saturated rings. The highest BCUT2D eigenvalue weighted by Crippen LogP contribution is 2.29. The van der Waals surface area contributed by atoms with Gasteiger partial charge in [0.2, 0.25) is 5.95 Å². The SMILES string of the molecule is CS(=O)CCCn1c(N)nc2cc(Cl)c(Cl)cc21. The van der Waals surface area contributed by atoms with E-state index in [0.717, 1.165) is 17.5 Å². The van der Waals surface area contributed by atoms with Crippen molar-refractivity contribution in [2.45, 2.75) is 13.0 Å². The van der Waals surface area contributed by atoms with Gasteiger partial charge in [-0.3, -0.25) is 4.21 Å². The lowest BCUT2D eigenvalue weighted by molar-refractivity contribution is 0.671. The van der Waals surface area contributed by atoms with E-state index in [1.165, 1.54) is 0 Å². The Kier molecular flexibility index (Phi) is 4.14. The fourth-order valence-corrected chi connectivity index (χ4v) is 2.65. The van der Waals surface area contributed by atoms with Crippen LogP contribution in [0.15, 0.2) is 12.1 Å². The zero-order valence-corrected chi connectivity index (χ0v) is 12.1. The van der Waals surface area contributed by atoms with Crippen molar-refractivity contribution in [2.75, 3.05) is 17.7 Å². The van der Waals surface area contributed by atoms with Gasteiger partial charge in [0.05, 0.1) is 21.1 Å². The number of benzene rings is 1. The van der Waals surface area contributed by atoms with Crippen molar-refractivity contribution >= 4 is 51.0 Å². The first-order chi connectivity index (χ1) is 8.49. The highest BCUT2D eigenvalue weighted by Gasteiger charge is 2.10. The molecule has 1 atom stereocenters. The molecule has 98 valence electrons. The minimum absolute atomic E-state index is 0.421. The normalized spacial score (nSPS) is 13.1. The number of nitrogen functional groups attached to an aromatic ring is 1. The fraction of sp³-hybridized carbons (Fsp3) is 0.364.